The topological polar surface area (TPSA) is 112 Å². The first-order valence-electron chi connectivity index (χ1n) is 19.8. The van der Waals surface area contributed by atoms with Crippen LogP contribution < -0.4 is 9.80 Å². The number of anilines is 2. The van der Waals surface area contributed by atoms with Gasteiger partial charge < -0.3 is 14.4 Å². The van der Waals surface area contributed by atoms with Crippen molar-refractivity contribution >= 4 is 34.8 Å². The van der Waals surface area contributed by atoms with E-state index in [2.05, 4.69) is 20.3 Å². The second kappa shape index (κ2) is 16.9. The first kappa shape index (κ1) is 45.0. The largest absolute Gasteiger partial charge is 0.436 e. The van der Waals surface area contributed by atoms with E-state index >= 15 is 0 Å². The lowest BCUT2D eigenvalue weighted by atomic mass is 10.1. The average molecular weight is 905 g/mol. The van der Waals surface area contributed by atoms with Crippen LogP contribution in [0.1, 0.15) is 98.8 Å². The molecule has 2 aliphatic heterocycles. The van der Waals surface area contributed by atoms with E-state index < -0.39 is 40.8 Å². The van der Waals surface area contributed by atoms with Crippen molar-refractivity contribution in [1.29, 1.82) is 0 Å². The summed E-state index contributed by atoms with van der Waals surface area (Å²) in [6, 6.07) is 9.99. The van der Waals surface area contributed by atoms with Crippen LogP contribution in [0.25, 0.3) is 11.4 Å². The first-order valence-corrected chi connectivity index (χ1v) is 20.2. The molecule has 6 aromatic rings. The van der Waals surface area contributed by atoms with E-state index in [-0.39, 0.29) is 59.8 Å². The highest BCUT2D eigenvalue weighted by Crippen LogP contribution is 2.41. The summed E-state index contributed by atoms with van der Waals surface area (Å²) >= 11 is 5.86. The molecule has 2 fully saturated rings. The van der Waals surface area contributed by atoms with Crippen molar-refractivity contribution in [1.82, 2.24) is 38.9 Å². The fourth-order valence-corrected chi connectivity index (χ4v) is 8.22. The molecule has 21 heteroatoms. The minimum Gasteiger partial charge on any atom is -0.322 e. The third-order valence-corrected chi connectivity index (χ3v) is 11.4. The summed E-state index contributed by atoms with van der Waals surface area (Å²) in [5, 5.41) is 11.9. The number of halogens is 9. The molecule has 2 saturated heterocycles. The number of rotatable bonds is 8. The maximum atomic E-state index is 13.3. The third kappa shape index (κ3) is 8.56. The van der Waals surface area contributed by atoms with E-state index in [1.165, 1.54) is 47.6 Å². The van der Waals surface area contributed by atoms with E-state index in [1.54, 1.807) is 50.9 Å². The van der Waals surface area contributed by atoms with E-state index in [4.69, 9.17) is 11.6 Å². The molecule has 63 heavy (non-hydrogen) atoms. The Hall–Kier alpha value is -6.05. The van der Waals surface area contributed by atoms with Crippen molar-refractivity contribution in [2.75, 3.05) is 22.9 Å². The Labute approximate surface area is 360 Å². The number of imidazole rings is 1. The highest BCUT2D eigenvalue weighted by atomic mass is 35.5. The van der Waals surface area contributed by atoms with Crippen molar-refractivity contribution in [2.45, 2.75) is 90.7 Å². The maximum absolute atomic E-state index is 13.3. The fourth-order valence-electron chi connectivity index (χ4n) is 7.99. The van der Waals surface area contributed by atoms with Crippen molar-refractivity contribution in [3.63, 3.8) is 0 Å². The van der Waals surface area contributed by atoms with Gasteiger partial charge in [0.2, 0.25) is 5.91 Å². The predicted octanol–water partition coefficient (Wildman–Crippen LogP) is 9.93. The van der Waals surface area contributed by atoms with E-state index in [9.17, 15) is 44.7 Å². The molecule has 0 spiro atoms. The summed E-state index contributed by atoms with van der Waals surface area (Å²) in [6.45, 7) is 11.3. The van der Waals surface area contributed by atoms with Gasteiger partial charge in [0, 0.05) is 19.3 Å². The van der Waals surface area contributed by atoms with Crippen molar-refractivity contribution in [3.05, 3.63) is 118 Å². The van der Waals surface area contributed by atoms with Gasteiger partial charge in [0.05, 0.1) is 57.2 Å². The van der Waals surface area contributed by atoms with Crippen LogP contribution >= 0.6 is 11.6 Å². The zero-order chi connectivity index (χ0) is 45.9. The molecule has 0 saturated carbocycles. The van der Waals surface area contributed by atoms with E-state index in [1.807, 2.05) is 27.7 Å². The third-order valence-electron chi connectivity index (χ3n) is 10.9. The molecular weight excluding hydrogens is 864 g/mol. The minimum atomic E-state index is -4.71. The molecule has 334 valence electrons. The standard InChI is InChI=1S/C21H20ClF4N5O.C21H21F4N5O/c1-11(2)18-16(10-27-31(18)14-6-4-13(23)5-7-14)29-9-8-15(20(29)32)30-12(3)17(22)19(28-30)21(24,25)26;1-12(2)19-17(10-26-30(19)15-6-4-14(22)5-7-15)28-9-8-16(20(28)31)29-11-18(21(23,24)25)27-13(29)3/h4-7,10-11,15H,8-9H2,1-3H3;4-7,10-12,16H,8-9H2,1-3H3. The van der Waals surface area contributed by atoms with Gasteiger partial charge in [0.15, 0.2) is 11.4 Å². The molecule has 6 heterocycles. The van der Waals surface area contributed by atoms with E-state index in [0.717, 1.165) is 22.3 Å². The average Bonchev–Trinajstić information content (AvgIpc) is 4.07. The van der Waals surface area contributed by atoms with Gasteiger partial charge in [-0.25, -0.2) is 23.1 Å². The van der Waals surface area contributed by atoms with E-state index in [0.29, 0.717) is 35.7 Å². The first-order chi connectivity index (χ1) is 29.6. The second-order valence-corrected chi connectivity index (χ2v) is 16.2. The van der Waals surface area contributed by atoms with Crippen LogP contribution in [-0.4, -0.2) is 63.8 Å². The number of hydrogen-bond acceptors (Lipinski definition) is 6. The van der Waals surface area contributed by atoms with Gasteiger partial charge in [0.25, 0.3) is 5.91 Å². The van der Waals surface area contributed by atoms with Gasteiger partial charge in [0.1, 0.15) is 29.5 Å². The Morgan fingerprint density at radius 2 is 1.13 bits per heavy atom. The number of amides is 2. The van der Waals surface area contributed by atoms with Gasteiger partial charge in [-0.1, -0.05) is 39.3 Å². The smallest absolute Gasteiger partial charge is 0.322 e. The highest BCUT2D eigenvalue weighted by Gasteiger charge is 2.43. The molecule has 2 unspecified atom stereocenters. The summed E-state index contributed by atoms with van der Waals surface area (Å²) in [4.78, 5) is 33.1. The molecule has 4 aromatic heterocycles. The summed E-state index contributed by atoms with van der Waals surface area (Å²) in [6.07, 6.45) is -4.65. The van der Waals surface area contributed by atoms with Crippen LogP contribution in [0.5, 0.6) is 0 Å². The summed E-state index contributed by atoms with van der Waals surface area (Å²) in [5.74, 6) is -1.36. The molecule has 2 atom stereocenters. The van der Waals surface area contributed by atoms with Crippen molar-refractivity contribution in [3.8, 4) is 11.4 Å². The fraction of sp³-hybridized carbons (Fsp3) is 0.381. The molecule has 8 rings (SSSR count). The lowest BCUT2D eigenvalue weighted by Crippen LogP contribution is -2.30. The zero-order valence-corrected chi connectivity index (χ0v) is 35.4. The normalized spacial score (nSPS) is 17.2. The molecule has 2 aromatic carbocycles. The molecule has 12 nitrogen and oxygen atoms in total. The van der Waals surface area contributed by atoms with Gasteiger partial charge in [-0.15, -0.1) is 0 Å². The van der Waals surface area contributed by atoms with Gasteiger partial charge in [-0.2, -0.15) is 41.6 Å². The number of aromatic nitrogens is 8. The quantitative estimate of drug-likeness (QED) is 0.141. The number of benzene rings is 2. The van der Waals surface area contributed by atoms with Crippen LogP contribution in [0.15, 0.2) is 67.1 Å². The van der Waals surface area contributed by atoms with Crippen molar-refractivity contribution in [2.24, 2.45) is 0 Å². The Balaban J connectivity index is 0.000000189. The maximum Gasteiger partial charge on any atom is 0.436 e. The number of carbonyl (C=O) groups excluding carboxylic acids is 2. The Morgan fingerprint density at radius 3 is 1.52 bits per heavy atom. The summed E-state index contributed by atoms with van der Waals surface area (Å²) in [5.41, 5.74) is 1.82. The lowest BCUT2D eigenvalue weighted by Gasteiger charge is -2.20. The molecule has 2 aliphatic rings. The lowest BCUT2D eigenvalue weighted by molar-refractivity contribution is -0.142. The highest BCUT2D eigenvalue weighted by molar-refractivity contribution is 6.32. The molecule has 0 N–H and O–H groups in total. The predicted molar refractivity (Wildman–Crippen MR) is 216 cm³/mol. The van der Waals surface area contributed by atoms with Gasteiger partial charge >= 0.3 is 12.4 Å². The van der Waals surface area contributed by atoms with Crippen LogP contribution in [0, 0.1) is 25.5 Å². The summed E-state index contributed by atoms with van der Waals surface area (Å²) in [7, 11) is 0. The molecule has 0 aliphatic carbocycles. The van der Waals surface area contributed by atoms with Crippen LogP contribution in [-0.2, 0) is 21.9 Å². The number of hydrogen-bond donors (Lipinski definition) is 0. The Morgan fingerprint density at radius 1 is 0.683 bits per heavy atom. The van der Waals surface area contributed by atoms with Crippen LogP contribution in [0.2, 0.25) is 5.02 Å². The monoisotopic (exact) mass is 904 g/mol. The SMILES string of the molecule is Cc1c(Cl)c(C(F)(F)F)nn1C1CCN(c2cnn(-c3ccc(F)cc3)c2C(C)C)C1=O.Cc1nc(C(F)(F)F)cn1C1CCN(c2cnn(-c3ccc(F)cc3)c2C(C)C)C1=O. The van der Waals surface area contributed by atoms with Gasteiger partial charge in [-0.05, 0) is 87.1 Å². The molecule has 0 bridgehead atoms. The molecule has 2 amide bonds. The van der Waals surface area contributed by atoms with Crippen LogP contribution in [0.3, 0.4) is 0 Å². The number of carbonyl (C=O) groups is 2. The van der Waals surface area contributed by atoms with Crippen LogP contribution in [0.4, 0.5) is 46.5 Å². The Bertz CT molecular complexity index is 2640. The zero-order valence-electron chi connectivity index (χ0n) is 34.7. The number of alkyl halides is 6. The second-order valence-electron chi connectivity index (χ2n) is 15.8. The van der Waals surface area contributed by atoms with Gasteiger partial charge in [-0.3, -0.25) is 14.3 Å². The molecular formula is C42H41ClF8N10O2. The van der Waals surface area contributed by atoms with Crippen molar-refractivity contribution < 1.29 is 44.7 Å². The minimum absolute atomic E-state index is 0.0128. The Kier molecular flexibility index (Phi) is 12.1. The summed E-state index contributed by atoms with van der Waals surface area (Å²) < 4.78 is 111. The number of aryl methyl sites for hydroxylation is 1. The molecule has 0 radical (unpaired) electrons. The number of nitrogens with zero attached hydrogens (tertiary/aromatic N) is 10.